The van der Waals surface area contributed by atoms with Crippen LogP contribution in [0.25, 0.3) is 0 Å². The number of hydrogen-bond donors (Lipinski definition) is 1. The van der Waals surface area contributed by atoms with Gasteiger partial charge in [-0.2, -0.15) is 0 Å². The normalized spacial score (nSPS) is 12.2. The van der Waals surface area contributed by atoms with E-state index in [1.54, 1.807) is 43.5 Å². The molecule has 1 aromatic heterocycles. The molecule has 3 nitrogen and oxygen atoms in total. The average molecular weight is 329 g/mol. The van der Waals surface area contributed by atoms with Crippen molar-refractivity contribution in [1.29, 1.82) is 0 Å². The van der Waals surface area contributed by atoms with E-state index >= 15 is 0 Å². The molecule has 1 heterocycles. The molecule has 0 aliphatic rings. The molecule has 0 spiro atoms. The van der Waals surface area contributed by atoms with Crippen LogP contribution in [0.1, 0.15) is 18.6 Å². The van der Waals surface area contributed by atoms with Crippen molar-refractivity contribution in [3.8, 4) is 11.6 Å². The first-order chi connectivity index (χ1) is 8.56. The summed E-state index contributed by atoms with van der Waals surface area (Å²) in [5, 5.41) is 10.0. The fraction of sp³-hybridized carbons (Fsp3) is 0.154. The van der Waals surface area contributed by atoms with Crippen molar-refractivity contribution in [2.45, 2.75) is 13.0 Å². The number of rotatable bonds is 3. The van der Waals surface area contributed by atoms with E-state index in [2.05, 4.69) is 20.9 Å². The minimum atomic E-state index is -0.534. The smallest absolute Gasteiger partial charge is 0.219 e. The highest BCUT2D eigenvalue weighted by Crippen LogP contribution is 2.31. The first-order valence-electron chi connectivity index (χ1n) is 5.33. The summed E-state index contributed by atoms with van der Waals surface area (Å²) in [6.45, 7) is 1.69. The van der Waals surface area contributed by atoms with Crippen molar-refractivity contribution in [3.05, 3.63) is 51.6 Å². The highest BCUT2D eigenvalue weighted by atomic mass is 79.9. The van der Waals surface area contributed by atoms with Gasteiger partial charge in [-0.1, -0.05) is 11.6 Å². The molecule has 0 bridgehead atoms. The maximum absolute atomic E-state index is 9.38. The van der Waals surface area contributed by atoms with Crippen LogP contribution < -0.4 is 4.74 Å². The van der Waals surface area contributed by atoms with Crippen LogP contribution in [0.2, 0.25) is 5.02 Å². The molecule has 2 aromatic rings. The summed E-state index contributed by atoms with van der Waals surface area (Å²) < 4.78 is 6.36. The van der Waals surface area contributed by atoms with E-state index in [0.717, 1.165) is 10.0 Å². The van der Waals surface area contributed by atoms with E-state index in [0.29, 0.717) is 16.7 Å². The maximum Gasteiger partial charge on any atom is 0.219 e. The number of halogens is 2. The van der Waals surface area contributed by atoms with E-state index in [4.69, 9.17) is 16.3 Å². The second-order valence-corrected chi connectivity index (χ2v) is 5.07. The summed E-state index contributed by atoms with van der Waals surface area (Å²) in [7, 11) is 0. The van der Waals surface area contributed by atoms with Gasteiger partial charge in [-0.05, 0) is 52.7 Å². The summed E-state index contributed by atoms with van der Waals surface area (Å²) in [4.78, 5) is 4.12. The maximum atomic E-state index is 9.38. The van der Waals surface area contributed by atoms with Gasteiger partial charge in [0.1, 0.15) is 5.75 Å². The van der Waals surface area contributed by atoms with Crippen LogP contribution in [0, 0.1) is 0 Å². The topological polar surface area (TPSA) is 42.4 Å². The van der Waals surface area contributed by atoms with E-state index < -0.39 is 6.10 Å². The molecule has 1 aromatic carbocycles. The van der Waals surface area contributed by atoms with Crippen molar-refractivity contribution in [2.75, 3.05) is 0 Å². The lowest BCUT2D eigenvalue weighted by Crippen LogP contribution is -1.94. The minimum Gasteiger partial charge on any atom is -0.438 e. The van der Waals surface area contributed by atoms with Crippen molar-refractivity contribution < 1.29 is 9.84 Å². The molecule has 94 valence electrons. The highest BCUT2D eigenvalue weighted by molar-refractivity contribution is 9.10. The van der Waals surface area contributed by atoms with E-state index in [1.165, 1.54) is 0 Å². The molecule has 1 N–H and O–H groups in total. The molecule has 0 saturated heterocycles. The number of aliphatic hydroxyl groups excluding tert-OH is 1. The number of pyridine rings is 1. The Morgan fingerprint density at radius 3 is 2.67 bits per heavy atom. The van der Waals surface area contributed by atoms with Gasteiger partial charge in [-0.3, -0.25) is 0 Å². The van der Waals surface area contributed by atoms with Gasteiger partial charge in [0.25, 0.3) is 0 Å². The van der Waals surface area contributed by atoms with Crippen molar-refractivity contribution >= 4 is 27.5 Å². The second kappa shape index (κ2) is 5.69. The largest absolute Gasteiger partial charge is 0.438 e. The Bertz CT molecular complexity index is 543. The van der Waals surface area contributed by atoms with Crippen molar-refractivity contribution in [2.24, 2.45) is 0 Å². The number of benzene rings is 1. The van der Waals surface area contributed by atoms with Gasteiger partial charge in [0, 0.05) is 17.3 Å². The third kappa shape index (κ3) is 3.22. The SMILES string of the molecule is C[C@H](O)c1ccc(Oc2ccc(Cl)cc2Br)nc1. The fourth-order valence-electron chi connectivity index (χ4n) is 1.37. The standard InChI is InChI=1S/C13H11BrClNO2/c1-8(17)9-2-5-13(16-7-9)18-12-4-3-10(15)6-11(12)14/h2-8,17H,1H3/t8-/m0/s1. The van der Waals surface area contributed by atoms with Gasteiger partial charge < -0.3 is 9.84 Å². The predicted octanol–water partition coefficient (Wildman–Crippen LogP) is 4.34. The lowest BCUT2D eigenvalue weighted by Gasteiger charge is -2.08. The first-order valence-corrected chi connectivity index (χ1v) is 6.50. The lowest BCUT2D eigenvalue weighted by atomic mass is 10.2. The van der Waals surface area contributed by atoms with Crippen LogP contribution in [0.5, 0.6) is 11.6 Å². The van der Waals surface area contributed by atoms with E-state index in [1.807, 2.05) is 0 Å². The Kier molecular flexibility index (Phi) is 4.22. The molecule has 0 aliphatic heterocycles. The van der Waals surface area contributed by atoms with Crippen LogP contribution >= 0.6 is 27.5 Å². The fourth-order valence-corrected chi connectivity index (χ4v) is 2.13. The van der Waals surface area contributed by atoms with Crippen LogP contribution in [0.3, 0.4) is 0 Å². The molecule has 0 radical (unpaired) electrons. The molecule has 5 heteroatoms. The Hall–Kier alpha value is -1.10. The lowest BCUT2D eigenvalue weighted by molar-refractivity contribution is 0.198. The van der Waals surface area contributed by atoms with Gasteiger partial charge in [0.05, 0.1) is 10.6 Å². The van der Waals surface area contributed by atoms with Crippen LogP contribution in [-0.2, 0) is 0 Å². The number of ether oxygens (including phenoxy) is 1. The number of aromatic nitrogens is 1. The number of hydrogen-bond acceptors (Lipinski definition) is 3. The number of nitrogens with zero attached hydrogens (tertiary/aromatic N) is 1. The van der Waals surface area contributed by atoms with Gasteiger partial charge in [0.15, 0.2) is 0 Å². The zero-order valence-electron chi connectivity index (χ0n) is 9.60. The Morgan fingerprint density at radius 1 is 1.33 bits per heavy atom. The van der Waals surface area contributed by atoms with Crippen molar-refractivity contribution in [3.63, 3.8) is 0 Å². The van der Waals surface area contributed by atoms with Crippen molar-refractivity contribution in [1.82, 2.24) is 4.98 Å². The minimum absolute atomic E-state index is 0.461. The Balaban J connectivity index is 2.18. The zero-order chi connectivity index (χ0) is 13.1. The number of aliphatic hydroxyl groups is 1. The zero-order valence-corrected chi connectivity index (χ0v) is 11.9. The molecule has 18 heavy (non-hydrogen) atoms. The van der Waals surface area contributed by atoms with Gasteiger partial charge in [-0.25, -0.2) is 4.98 Å². The van der Waals surface area contributed by atoms with Gasteiger partial charge >= 0.3 is 0 Å². The van der Waals surface area contributed by atoms with E-state index in [-0.39, 0.29) is 0 Å². The molecule has 0 aliphatic carbocycles. The quantitative estimate of drug-likeness (QED) is 0.911. The average Bonchev–Trinajstić information content (AvgIpc) is 2.33. The molecule has 0 fully saturated rings. The molecular formula is C13H11BrClNO2. The molecular weight excluding hydrogens is 318 g/mol. The summed E-state index contributed by atoms with van der Waals surface area (Å²) in [5.74, 6) is 1.10. The van der Waals surface area contributed by atoms with Gasteiger partial charge in [0.2, 0.25) is 5.88 Å². The van der Waals surface area contributed by atoms with Crippen LogP contribution in [0.4, 0.5) is 0 Å². The highest BCUT2D eigenvalue weighted by Gasteiger charge is 2.06. The Morgan fingerprint density at radius 2 is 2.11 bits per heavy atom. The van der Waals surface area contributed by atoms with Crippen LogP contribution in [-0.4, -0.2) is 10.1 Å². The molecule has 2 rings (SSSR count). The van der Waals surface area contributed by atoms with Crippen LogP contribution in [0.15, 0.2) is 41.0 Å². The molecule has 0 amide bonds. The molecule has 1 atom stereocenters. The van der Waals surface area contributed by atoms with E-state index in [9.17, 15) is 5.11 Å². The summed E-state index contributed by atoms with van der Waals surface area (Å²) in [6.07, 6.45) is 1.05. The first kappa shape index (κ1) is 13.3. The monoisotopic (exact) mass is 327 g/mol. The Labute approximate surface area is 119 Å². The summed E-state index contributed by atoms with van der Waals surface area (Å²) >= 11 is 9.21. The molecule has 0 unspecified atom stereocenters. The third-order valence-electron chi connectivity index (χ3n) is 2.35. The van der Waals surface area contributed by atoms with Gasteiger partial charge in [-0.15, -0.1) is 0 Å². The molecule has 0 saturated carbocycles. The predicted molar refractivity (Wildman–Crippen MR) is 74.1 cm³/mol. The third-order valence-corrected chi connectivity index (χ3v) is 3.20. The summed E-state index contributed by atoms with van der Waals surface area (Å²) in [6, 6.07) is 8.74. The second-order valence-electron chi connectivity index (χ2n) is 3.78. The summed E-state index contributed by atoms with van der Waals surface area (Å²) in [5.41, 5.74) is 0.748.